The van der Waals surface area contributed by atoms with Crippen LogP contribution in [0.15, 0.2) is 21.5 Å². The number of nitrogen functional groups attached to an aromatic ring is 1. The maximum Gasteiger partial charge on any atom is 0.242 e. The van der Waals surface area contributed by atoms with Gasteiger partial charge in [-0.05, 0) is 53.2 Å². The van der Waals surface area contributed by atoms with Crippen LogP contribution in [0.4, 0.5) is 10.1 Å². The SMILES string of the molecule is Nc1cc(F)c(Br)cc1S(=O)(=O)NC1CCOC1C1CC1. The first-order valence-corrected chi connectivity index (χ1v) is 9.04. The van der Waals surface area contributed by atoms with Crippen LogP contribution in [0.25, 0.3) is 0 Å². The van der Waals surface area contributed by atoms with Gasteiger partial charge in [0.2, 0.25) is 10.0 Å². The van der Waals surface area contributed by atoms with E-state index in [1.807, 2.05) is 0 Å². The van der Waals surface area contributed by atoms with Crippen molar-refractivity contribution in [3.05, 3.63) is 22.4 Å². The molecule has 0 spiro atoms. The van der Waals surface area contributed by atoms with Crippen molar-refractivity contribution in [3.8, 4) is 0 Å². The fourth-order valence-corrected chi connectivity index (χ4v) is 4.58. The Morgan fingerprint density at radius 2 is 2.05 bits per heavy atom. The molecule has 2 fully saturated rings. The molecule has 1 heterocycles. The first-order valence-electron chi connectivity index (χ1n) is 6.77. The minimum Gasteiger partial charge on any atom is -0.398 e. The third kappa shape index (κ3) is 3.08. The average Bonchev–Trinajstić information content (AvgIpc) is 3.14. The van der Waals surface area contributed by atoms with Crippen molar-refractivity contribution in [1.82, 2.24) is 4.72 Å². The maximum absolute atomic E-state index is 13.4. The minimum atomic E-state index is -3.80. The molecule has 1 aromatic carbocycles. The second-order valence-electron chi connectivity index (χ2n) is 5.49. The van der Waals surface area contributed by atoms with E-state index in [0.29, 0.717) is 18.9 Å². The van der Waals surface area contributed by atoms with Gasteiger partial charge >= 0.3 is 0 Å². The highest BCUT2D eigenvalue weighted by Gasteiger charge is 2.42. The normalized spacial score (nSPS) is 26.2. The summed E-state index contributed by atoms with van der Waals surface area (Å²) in [5, 5.41) is 0. The van der Waals surface area contributed by atoms with Gasteiger partial charge in [-0.15, -0.1) is 0 Å². The largest absolute Gasteiger partial charge is 0.398 e. The van der Waals surface area contributed by atoms with E-state index in [1.165, 1.54) is 6.07 Å². The fraction of sp³-hybridized carbons (Fsp3) is 0.538. The predicted molar refractivity (Wildman–Crippen MR) is 79.7 cm³/mol. The molecule has 8 heteroatoms. The number of ether oxygens (including phenoxy) is 1. The summed E-state index contributed by atoms with van der Waals surface area (Å²) in [6.07, 6.45) is 2.73. The van der Waals surface area contributed by atoms with Gasteiger partial charge in [-0.3, -0.25) is 0 Å². The lowest BCUT2D eigenvalue weighted by atomic mass is 10.1. The molecule has 116 valence electrons. The van der Waals surface area contributed by atoms with Gasteiger partial charge in [-0.2, -0.15) is 0 Å². The molecule has 1 saturated carbocycles. The van der Waals surface area contributed by atoms with Gasteiger partial charge in [-0.25, -0.2) is 17.5 Å². The highest BCUT2D eigenvalue weighted by atomic mass is 79.9. The molecule has 1 saturated heterocycles. The number of halogens is 2. The van der Waals surface area contributed by atoms with Crippen LogP contribution in [0, 0.1) is 11.7 Å². The number of nitrogens with one attached hydrogen (secondary N) is 1. The zero-order valence-electron chi connectivity index (χ0n) is 11.2. The molecule has 1 aliphatic heterocycles. The van der Waals surface area contributed by atoms with E-state index >= 15 is 0 Å². The number of benzene rings is 1. The van der Waals surface area contributed by atoms with Crippen molar-refractivity contribution in [1.29, 1.82) is 0 Å². The number of hydrogen-bond donors (Lipinski definition) is 2. The van der Waals surface area contributed by atoms with Crippen LogP contribution in [0.3, 0.4) is 0 Å². The second kappa shape index (κ2) is 5.49. The standard InChI is InChI=1S/C13H16BrFN2O3S/c14-8-5-12(10(16)6-9(8)15)21(18,19)17-11-3-4-20-13(11)7-1-2-7/h5-7,11,13,17H,1-4,16H2. The van der Waals surface area contributed by atoms with Gasteiger partial charge in [0.25, 0.3) is 0 Å². The third-order valence-corrected chi connectivity index (χ3v) is 6.02. The molecule has 0 bridgehead atoms. The van der Waals surface area contributed by atoms with Gasteiger partial charge in [0.05, 0.1) is 22.3 Å². The zero-order chi connectivity index (χ0) is 15.2. The van der Waals surface area contributed by atoms with Gasteiger partial charge in [0.15, 0.2) is 0 Å². The lowest BCUT2D eigenvalue weighted by molar-refractivity contribution is 0.0848. The number of rotatable bonds is 4. The summed E-state index contributed by atoms with van der Waals surface area (Å²) in [5.41, 5.74) is 5.54. The van der Waals surface area contributed by atoms with E-state index in [4.69, 9.17) is 10.5 Å². The van der Waals surface area contributed by atoms with Crippen LogP contribution in [0.2, 0.25) is 0 Å². The third-order valence-electron chi connectivity index (χ3n) is 3.87. The van der Waals surface area contributed by atoms with Crippen LogP contribution in [0.5, 0.6) is 0 Å². The van der Waals surface area contributed by atoms with E-state index in [0.717, 1.165) is 18.9 Å². The second-order valence-corrected chi connectivity index (χ2v) is 8.03. The van der Waals surface area contributed by atoms with Crippen LogP contribution >= 0.6 is 15.9 Å². The van der Waals surface area contributed by atoms with Crippen molar-refractivity contribution in [2.75, 3.05) is 12.3 Å². The molecule has 2 atom stereocenters. The Kier molecular flexibility index (Phi) is 3.98. The van der Waals surface area contributed by atoms with Crippen molar-refractivity contribution in [3.63, 3.8) is 0 Å². The highest BCUT2D eigenvalue weighted by molar-refractivity contribution is 9.10. The molecular weight excluding hydrogens is 363 g/mol. The van der Waals surface area contributed by atoms with E-state index in [9.17, 15) is 12.8 Å². The molecule has 0 radical (unpaired) electrons. The van der Waals surface area contributed by atoms with E-state index in [1.54, 1.807) is 0 Å². The van der Waals surface area contributed by atoms with Crippen LogP contribution in [-0.4, -0.2) is 27.2 Å². The van der Waals surface area contributed by atoms with Crippen molar-refractivity contribution < 1.29 is 17.5 Å². The molecular formula is C13H16BrFN2O3S. The summed E-state index contributed by atoms with van der Waals surface area (Å²) in [6, 6.07) is 1.95. The van der Waals surface area contributed by atoms with E-state index in [2.05, 4.69) is 20.7 Å². The molecule has 21 heavy (non-hydrogen) atoms. The quantitative estimate of drug-likeness (QED) is 0.785. The molecule has 1 aromatic rings. The number of anilines is 1. The molecule has 3 rings (SSSR count). The van der Waals surface area contributed by atoms with Crippen molar-refractivity contribution in [2.24, 2.45) is 5.92 Å². The maximum atomic E-state index is 13.4. The molecule has 3 N–H and O–H groups in total. The number of nitrogens with two attached hydrogens (primary N) is 1. The average molecular weight is 379 g/mol. The lowest BCUT2D eigenvalue weighted by Gasteiger charge is -2.20. The van der Waals surface area contributed by atoms with Crippen molar-refractivity contribution >= 4 is 31.6 Å². The highest BCUT2D eigenvalue weighted by Crippen LogP contribution is 2.39. The summed E-state index contributed by atoms with van der Waals surface area (Å²) in [5.74, 6) is -0.149. The first kappa shape index (κ1) is 15.2. The van der Waals surface area contributed by atoms with Crippen LogP contribution in [0.1, 0.15) is 19.3 Å². The molecule has 2 unspecified atom stereocenters. The lowest BCUT2D eigenvalue weighted by Crippen LogP contribution is -2.41. The summed E-state index contributed by atoms with van der Waals surface area (Å²) in [6.45, 7) is 0.553. The number of sulfonamides is 1. The predicted octanol–water partition coefficient (Wildman–Crippen LogP) is 2.02. The van der Waals surface area contributed by atoms with E-state index in [-0.39, 0.29) is 27.2 Å². The Labute approximate surface area is 131 Å². The van der Waals surface area contributed by atoms with Crippen LogP contribution < -0.4 is 10.5 Å². The number of hydrogen-bond acceptors (Lipinski definition) is 4. The molecule has 1 aliphatic carbocycles. The first-order chi connectivity index (χ1) is 9.88. The van der Waals surface area contributed by atoms with Gasteiger partial charge in [0.1, 0.15) is 10.7 Å². The Hall–Kier alpha value is -0.700. The molecule has 2 aliphatic rings. The van der Waals surface area contributed by atoms with Gasteiger partial charge in [-0.1, -0.05) is 0 Å². The van der Waals surface area contributed by atoms with Gasteiger partial charge in [0, 0.05) is 6.61 Å². The fourth-order valence-electron chi connectivity index (χ4n) is 2.67. The summed E-state index contributed by atoms with van der Waals surface area (Å²) >= 11 is 2.98. The molecule has 0 amide bonds. The summed E-state index contributed by atoms with van der Waals surface area (Å²) < 4.78 is 46.6. The smallest absolute Gasteiger partial charge is 0.242 e. The molecule has 0 aromatic heterocycles. The summed E-state index contributed by atoms with van der Waals surface area (Å²) in [4.78, 5) is -0.114. The Morgan fingerprint density at radius 3 is 2.71 bits per heavy atom. The van der Waals surface area contributed by atoms with Crippen molar-refractivity contribution in [2.45, 2.75) is 36.3 Å². The Morgan fingerprint density at radius 1 is 1.33 bits per heavy atom. The monoisotopic (exact) mass is 378 g/mol. The summed E-state index contributed by atoms with van der Waals surface area (Å²) in [7, 11) is -3.80. The van der Waals surface area contributed by atoms with E-state index < -0.39 is 15.8 Å². The van der Waals surface area contributed by atoms with Crippen LogP contribution in [-0.2, 0) is 14.8 Å². The molecule has 5 nitrogen and oxygen atoms in total. The Balaban J connectivity index is 1.85. The van der Waals surface area contributed by atoms with Gasteiger partial charge < -0.3 is 10.5 Å². The topological polar surface area (TPSA) is 81.4 Å². The minimum absolute atomic E-state index is 0.0649. The zero-order valence-corrected chi connectivity index (χ0v) is 13.6. The Bertz CT molecular complexity index is 664.